The summed E-state index contributed by atoms with van der Waals surface area (Å²) in [6.45, 7) is 8.26. The Morgan fingerprint density at radius 1 is 1.27 bits per heavy atom. The fraction of sp³-hybridized carbons (Fsp3) is 0.684. The molecule has 0 amide bonds. The summed E-state index contributed by atoms with van der Waals surface area (Å²) in [5.74, 6) is 0.160. The molecule has 118 valence electrons. The Labute approximate surface area is 132 Å². The summed E-state index contributed by atoms with van der Waals surface area (Å²) >= 11 is 0. The molecule has 22 heavy (non-hydrogen) atoms. The lowest BCUT2D eigenvalue weighted by Gasteiger charge is -2.59. The summed E-state index contributed by atoms with van der Waals surface area (Å²) in [6.07, 6.45) is 7.33. The molecule has 4 atom stereocenters. The lowest BCUT2D eigenvalue weighted by atomic mass is 9.44. The van der Waals surface area contributed by atoms with Crippen LogP contribution in [0.2, 0.25) is 0 Å². The predicted molar refractivity (Wildman–Crippen MR) is 84.7 cm³/mol. The van der Waals surface area contributed by atoms with Gasteiger partial charge in [-0.05, 0) is 31.6 Å². The van der Waals surface area contributed by atoms with Crippen LogP contribution in [0.25, 0.3) is 0 Å². The van der Waals surface area contributed by atoms with E-state index in [9.17, 15) is 15.2 Å². The Hall–Kier alpha value is -1.40. The zero-order valence-corrected chi connectivity index (χ0v) is 13.9. The summed E-state index contributed by atoms with van der Waals surface area (Å²) in [4.78, 5) is 12.6. The van der Waals surface area contributed by atoms with E-state index in [1.807, 2.05) is 19.9 Å². The smallest absolute Gasteiger partial charge is 0.178 e. The van der Waals surface area contributed by atoms with E-state index in [1.54, 1.807) is 0 Å². The SMILES string of the molecule is CC1(C)C(=O)C(C#N)=C[C@]2(C)C3=CCC[C@@H](O)C3(C)CC[C@@H]12. The highest BCUT2D eigenvalue weighted by Gasteiger charge is 2.59. The van der Waals surface area contributed by atoms with Gasteiger partial charge in [0, 0.05) is 16.2 Å². The van der Waals surface area contributed by atoms with Crippen molar-refractivity contribution in [3.8, 4) is 6.07 Å². The number of ketones is 1. The number of aliphatic hydroxyl groups is 1. The normalized spacial score (nSPS) is 43.4. The maximum atomic E-state index is 12.6. The van der Waals surface area contributed by atoms with Crippen LogP contribution in [0.1, 0.15) is 53.4 Å². The average Bonchev–Trinajstić information content (AvgIpc) is 2.45. The molecule has 0 saturated heterocycles. The number of aliphatic hydroxyl groups excluding tert-OH is 1. The van der Waals surface area contributed by atoms with Crippen LogP contribution in [0.3, 0.4) is 0 Å². The van der Waals surface area contributed by atoms with Crippen molar-refractivity contribution in [1.82, 2.24) is 0 Å². The van der Waals surface area contributed by atoms with Crippen LogP contribution in [0.15, 0.2) is 23.3 Å². The van der Waals surface area contributed by atoms with Gasteiger partial charge in [0.25, 0.3) is 0 Å². The van der Waals surface area contributed by atoms with Crippen LogP contribution in [0, 0.1) is 33.5 Å². The number of hydrogen-bond donors (Lipinski definition) is 1. The molecule has 1 N–H and O–H groups in total. The summed E-state index contributed by atoms with van der Waals surface area (Å²) in [6, 6.07) is 2.11. The van der Waals surface area contributed by atoms with Crippen LogP contribution in [0.4, 0.5) is 0 Å². The molecule has 3 rings (SSSR count). The third-order valence-corrected chi connectivity index (χ3v) is 6.66. The number of carbonyl (C=O) groups excluding carboxylic acids is 1. The minimum absolute atomic E-state index is 0.0296. The van der Waals surface area contributed by atoms with E-state index in [4.69, 9.17) is 0 Å². The second-order valence-electron chi connectivity index (χ2n) is 8.22. The molecule has 1 saturated carbocycles. The van der Waals surface area contributed by atoms with E-state index in [-0.39, 0.29) is 34.2 Å². The number of nitrogens with zero attached hydrogens (tertiary/aromatic N) is 1. The van der Waals surface area contributed by atoms with Gasteiger partial charge in [0.1, 0.15) is 6.07 Å². The number of rotatable bonds is 0. The van der Waals surface area contributed by atoms with E-state index in [0.717, 1.165) is 25.7 Å². The maximum absolute atomic E-state index is 12.6. The summed E-state index contributed by atoms with van der Waals surface area (Å²) in [5.41, 5.74) is 0.463. The van der Waals surface area contributed by atoms with Crippen molar-refractivity contribution in [1.29, 1.82) is 5.26 Å². The molecule has 0 aromatic rings. The Bertz CT molecular complexity index is 636. The van der Waals surface area contributed by atoms with Gasteiger partial charge in [0.05, 0.1) is 11.7 Å². The van der Waals surface area contributed by atoms with Gasteiger partial charge in [0.15, 0.2) is 5.78 Å². The molecular weight excluding hydrogens is 274 g/mol. The molecule has 3 nitrogen and oxygen atoms in total. The number of fused-ring (bicyclic) bond motifs is 3. The van der Waals surface area contributed by atoms with Gasteiger partial charge < -0.3 is 5.11 Å². The third-order valence-electron chi connectivity index (χ3n) is 6.66. The number of carbonyl (C=O) groups is 1. The number of hydrogen-bond acceptors (Lipinski definition) is 3. The van der Waals surface area contributed by atoms with Gasteiger partial charge in [-0.25, -0.2) is 0 Å². The van der Waals surface area contributed by atoms with Crippen molar-refractivity contribution in [2.24, 2.45) is 22.2 Å². The van der Waals surface area contributed by atoms with Gasteiger partial charge in [0.2, 0.25) is 0 Å². The lowest BCUT2D eigenvalue weighted by Crippen LogP contribution is -2.55. The van der Waals surface area contributed by atoms with Gasteiger partial charge in [-0.1, -0.05) is 45.4 Å². The monoisotopic (exact) mass is 299 g/mol. The summed E-state index contributed by atoms with van der Waals surface area (Å²) < 4.78 is 0. The number of Topliss-reactive ketones (excluding diaryl/α,β-unsaturated/α-hetero) is 1. The van der Waals surface area contributed by atoms with Gasteiger partial charge in [-0.15, -0.1) is 0 Å². The van der Waals surface area contributed by atoms with Crippen LogP contribution in [-0.4, -0.2) is 17.0 Å². The second-order valence-corrected chi connectivity index (χ2v) is 8.22. The fourth-order valence-corrected chi connectivity index (χ4v) is 5.43. The van der Waals surface area contributed by atoms with E-state index in [1.165, 1.54) is 5.57 Å². The fourth-order valence-electron chi connectivity index (χ4n) is 5.43. The highest BCUT2D eigenvalue weighted by molar-refractivity contribution is 6.04. The standard InChI is InChI=1S/C19H25NO2/c1-17(2)13-8-9-18(3)14(6-5-7-15(18)21)19(13,4)10-12(11-20)16(17)22/h6,10,13,15,21H,5,7-9H2,1-4H3/t13-,15+,18?,19-/m0/s1. The molecule has 3 aliphatic rings. The van der Waals surface area contributed by atoms with Crippen LogP contribution in [-0.2, 0) is 4.79 Å². The van der Waals surface area contributed by atoms with E-state index in [0.29, 0.717) is 0 Å². The van der Waals surface area contributed by atoms with Crippen LogP contribution >= 0.6 is 0 Å². The highest BCUT2D eigenvalue weighted by atomic mass is 16.3. The van der Waals surface area contributed by atoms with E-state index < -0.39 is 5.41 Å². The van der Waals surface area contributed by atoms with Crippen molar-refractivity contribution < 1.29 is 9.90 Å². The predicted octanol–water partition coefficient (Wildman–Crippen LogP) is 3.55. The minimum Gasteiger partial charge on any atom is -0.392 e. The second kappa shape index (κ2) is 4.55. The Balaban J connectivity index is 2.22. The quantitative estimate of drug-likeness (QED) is 0.696. The molecule has 3 aliphatic carbocycles. The largest absolute Gasteiger partial charge is 0.392 e. The molecule has 0 spiro atoms. The van der Waals surface area contributed by atoms with Gasteiger partial charge in [-0.2, -0.15) is 5.26 Å². The van der Waals surface area contributed by atoms with Crippen molar-refractivity contribution in [2.75, 3.05) is 0 Å². The molecule has 1 fully saturated rings. The first-order chi connectivity index (χ1) is 10.2. The minimum atomic E-state index is -0.529. The molecule has 0 heterocycles. The van der Waals surface area contributed by atoms with E-state index in [2.05, 4.69) is 26.0 Å². The molecule has 0 aliphatic heterocycles. The van der Waals surface area contributed by atoms with Gasteiger partial charge >= 0.3 is 0 Å². The van der Waals surface area contributed by atoms with Crippen LogP contribution < -0.4 is 0 Å². The third kappa shape index (κ3) is 1.74. The molecule has 0 radical (unpaired) electrons. The zero-order chi connectivity index (χ0) is 16.3. The maximum Gasteiger partial charge on any atom is 0.178 e. The van der Waals surface area contributed by atoms with Crippen molar-refractivity contribution in [2.45, 2.75) is 59.5 Å². The molecular formula is C19H25NO2. The molecule has 0 bridgehead atoms. The first-order valence-corrected chi connectivity index (χ1v) is 8.25. The van der Waals surface area contributed by atoms with Crippen molar-refractivity contribution in [3.05, 3.63) is 23.3 Å². The first kappa shape index (κ1) is 15.5. The van der Waals surface area contributed by atoms with E-state index >= 15 is 0 Å². The average molecular weight is 299 g/mol. The number of allylic oxidation sites excluding steroid dienone is 3. The first-order valence-electron chi connectivity index (χ1n) is 8.25. The van der Waals surface area contributed by atoms with Crippen molar-refractivity contribution >= 4 is 5.78 Å². The zero-order valence-electron chi connectivity index (χ0n) is 13.9. The number of nitriles is 1. The lowest BCUT2D eigenvalue weighted by molar-refractivity contribution is -0.131. The molecule has 1 unspecified atom stereocenters. The summed E-state index contributed by atoms with van der Waals surface area (Å²) in [5, 5.41) is 20.0. The highest BCUT2D eigenvalue weighted by Crippen LogP contribution is 2.64. The van der Waals surface area contributed by atoms with Gasteiger partial charge in [-0.3, -0.25) is 4.79 Å². The summed E-state index contributed by atoms with van der Waals surface area (Å²) in [7, 11) is 0. The Morgan fingerprint density at radius 2 is 1.95 bits per heavy atom. The van der Waals surface area contributed by atoms with Crippen molar-refractivity contribution in [3.63, 3.8) is 0 Å². The van der Waals surface area contributed by atoms with Crippen LogP contribution in [0.5, 0.6) is 0 Å². The molecule has 0 aromatic carbocycles. The molecule has 3 heteroatoms. The Kier molecular flexibility index (Phi) is 3.21. The Morgan fingerprint density at radius 3 is 2.59 bits per heavy atom. The topological polar surface area (TPSA) is 61.1 Å². The molecule has 0 aromatic heterocycles.